The van der Waals surface area contributed by atoms with Crippen LogP contribution in [-0.2, 0) is 9.59 Å². The number of amides is 1. The molecule has 1 amide bonds. The first kappa shape index (κ1) is 18.2. The quantitative estimate of drug-likeness (QED) is 0.735. The fraction of sp³-hybridized carbons (Fsp3) is 0.391. The van der Waals surface area contributed by atoms with E-state index in [-0.39, 0.29) is 11.7 Å². The maximum atomic E-state index is 13.4. The average Bonchev–Trinajstić information content (AvgIpc) is 2.88. The molecule has 2 aliphatic rings. The van der Waals surface area contributed by atoms with Gasteiger partial charge in [-0.1, -0.05) is 55.1 Å². The van der Waals surface area contributed by atoms with Gasteiger partial charge in [-0.05, 0) is 66.6 Å². The van der Waals surface area contributed by atoms with E-state index in [4.69, 9.17) is 11.6 Å². The summed E-state index contributed by atoms with van der Waals surface area (Å²) in [6.45, 7) is 4.00. The summed E-state index contributed by atoms with van der Waals surface area (Å²) in [6, 6.07) is 11.7. The monoisotopic (exact) mass is 381 g/mol. The first-order valence-corrected chi connectivity index (χ1v) is 10.0. The molecule has 1 N–H and O–H groups in total. The number of benzene rings is 2. The molecule has 1 aliphatic carbocycles. The van der Waals surface area contributed by atoms with Gasteiger partial charge in [0.05, 0.1) is 5.54 Å². The van der Waals surface area contributed by atoms with Crippen molar-refractivity contribution in [1.82, 2.24) is 5.32 Å². The summed E-state index contributed by atoms with van der Waals surface area (Å²) >= 11 is 6.02. The Balaban J connectivity index is 1.79. The van der Waals surface area contributed by atoms with Crippen LogP contribution in [0.15, 0.2) is 36.4 Å². The summed E-state index contributed by atoms with van der Waals surface area (Å²) in [5, 5.41) is 3.77. The molecule has 3 nitrogen and oxygen atoms in total. The van der Waals surface area contributed by atoms with E-state index >= 15 is 0 Å². The highest BCUT2D eigenvalue weighted by molar-refractivity contribution is 6.30. The number of nitrogens with one attached hydrogen (secondary N) is 1. The molecule has 4 rings (SSSR count). The lowest BCUT2D eigenvalue weighted by atomic mass is 9.75. The van der Waals surface area contributed by atoms with Crippen molar-refractivity contribution in [1.29, 1.82) is 0 Å². The van der Waals surface area contributed by atoms with Crippen molar-refractivity contribution in [3.63, 3.8) is 0 Å². The molecule has 4 heteroatoms. The highest BCUT2D eigenvalue weighted by Crippen LogP contribution is 2.42. The van der Waals surface area contributed by atoms with Gasteiger partial charge in [0.25, 0.3) is 0 Å². The smallest absolute Gasteiger partial charge is 0.235 e. The zero-order valence-electron chi connectivity index (χ0n) is 15.8. The standard InChI is InChI=1S/C23H24ClNO2/c1-14-6-11-18(16-7-9-17(24)10-8-16)15(2)19(14)20-21(26)23(25-22(20)27)12-4-3-5-13-23/h6-11,20H,3-5,12-13H2,1-2H3,(H,25,27). The van der Waals surface area contributed by atoms with E-state index in [2.05, 4.69) is 11.4 Å². The van der Waals surface area contributed by atoms with Crippen molar-refractivity contribution in [3.8, 4) is 11.1 Å². The molecule has 0 bridgehead atoms. The van der Waals surface area contributed by atoms with Crippen LogP contribution in [0.4, 0.5) is 0 Å². The Morgan fingerprint density at radius 3 is 2.30 bits per heavy atom. The number of ketones is 1. The highest BCUT2D eigenvalue weighted by Gasteiger charge is 2.53. The van der Waals surface area contributed by atoms with Gasteiger partial charge in [-0.15, -0.1) is 0 Å². The molecule has 2 aromatic carbocycles. The largest absolute Gasteiger partial charge is 0.343 e. The summed E-state index contributed by atoms with van der Waals surface area (Å²) in [6.07, 6.45) is 4.68. The van der Waals surface area contributed by atoms with Crippen LogP contribution in [0.3, 0.4) is 0 Å². The Kier molecular flexibility index (Phi) is 4.59. The molecule has 2 fully saturated rings. The normalized spacial score (nSPS) is 21.5. The van der Waals surface area contributed by atoms with E-state index in [0.29, 0.717) is 5.02 Å². The lowest BCUT2D eigenvalue weighted by Crippen LogP contribution is -2.47. The van der Waals surface area contributed by atoms with E-state index in [1.807, 2.05) is 44.2 Å². The van der Waals surface area contributed by atoms with Gasteiger partial charge >= 0.3 is 0 Å². The van der Waals surface area contributed by atoms with Crippen LogP contribution in [0.25, 0.3) is 11.1 Å². The minimum Gasteiger partial charge on any atom is -0.343 e. The third kappa shape index (κ3) is 2.98. The van der Waals surface area contributed by atoms with Gasteiger partial charge < -0.3 is 5.32 Å². The van der Waals surface area contributed by atoms with Crippen LogP contribution in [-0.4, -0.2) is 17.2 Å². The van der Waals surface area contributed by atoms with E-state index in [1.165, 1.54) is 0 Å². The SMILES string of the molecule is Cc1ccc(-c2ccc(Cl)cc2)c(C)c1C1C(=O)NC2(CCCCC2)C1=O. The van der Waals surface area contributed by atoms with Crippen molar-refractivity contribution in [2.45, 2.75) is 57.4 Å². The number of aryl methyl sites for hydroxylation is 1. The van der Waals surface area contributed by atoms with Crippen LogP contribution >= 0.6 is 11.6 Å². The van der Waals surface area contributed by atoms with Gasteiger partial charge in [0.1, 0.15) is 5.92 Å². The molecule has 140 valence electrons. The number of halogens is 1. The van der Waals surface area contributed by atoms with Gasteiger partial charge in [0, 0.05) is 5.02 Å². The maximum absolute atomic E-state index is 13.4. The maximum Gasteiger partial charge on any atom is 0.235 e. The van der Waals surface area contributed by atoms with Gasteiger partial charge in [-0.3, -0.25) is 9.59 Å². The molecule has 1 unspecified atom stereocenters. The van der Waals surface area contributed by atoms with Crippen molar-refractivity contribution < 1.29 is 9.59 Å². The molecule has 1 atom stereocenters. The van der Waals surface area contributed by atoms with Crippen molar-refractivity contribution in [2.24, 2.45) is 0 Å². The van der Waals surface area contributed by atoms with Crippen LogP contribution in [0, 0.1) is 13.8 Å². The van der Waals surface area contributed by atoms with Crippen LogP contribution < -0.4 is 5.32 Å². The summed E-state index contributed by atoms with van der Waals surface area (Å²) in [5.41, 5.74) is 4.29. The second kappa shape index (κ2) is 6.79. The third-order valence-electron chi connectivity index (χ3n) is 6.24. The summed E-state index contributed by atoms with van der Waals surface area (Å²) in [4.78, 5) is 26.3. The summed E-state index contributed by atoms with van der Waals surface area (Å²) < 4.78 is 0. The Hall–Kier alpha value is -2.13. The Bertz CT molecular complexity index is 911. The fourth-order valence-electron chi connectivity index (χ4n) is 4.80. The lowest BCUT2D eigenvalue weighted by molar-refractivity contribution is -0.125. The summed E-state index contributed by atoms with van der Waals surface area (Å²) in [5.74, 6) is -0.775. The molecule has 0 radical (unpaired) electrons. The average molecular weight is 382 g/mol. The van der Waals surface area contributed by atoms with Crippen molar-refractivity contribution in [3.05, 3.63) is 58.1 Å². The van der Waals surface area contributed by atoms with Gasteiger partial charge in [-0.25, -0.2) is 0 Å². The van der Waals surface area contributed by atoms with Crippen LogP contribution in [0.1, 0.15) is 54.7 Å². The molecule has 1 aliphatic heterocycles. The zero-order valence-corrected chi connectivity index (χ0v) is 16.5. The van der Waals surface area contributed by atoms with Crippen LogP contribution in [0.2, 0.25) is 5.02 Å². The minimum absolute atomic E-state index is 0.0617. The fourth-order valence-corrected chi connectivity index (χ4v) is 4.93. The first-order valence-electron chi connectivity index (χ1n) is 9.65. The third-order valence-corrected chi connectivity index (χ3v) is 6.49. The predicted octanol–water partition coefficient (Wildman–Crippen LogP) is 5.11. The van der Waals surface area contributed by atoms with E-state index in [0.717, 1.165) is 59.9 Å². The lowest BCUT2D eigenvalue weighted by Gasteiger charge is -2.31. The predicted molar refractivity (Wildman–Crippen MR) is 108 cm³/mol. The van der Waals surface area contributed by atoms with Crippen molar-refractivity contribution >= 4 is 23.3 Å². The number of carbonyl (C=O) groups is 2. The Morgan fingerprint density at radius 1 is 0.963 bits per heavy atom. The van der Waals surface area contributed by atoms with Crippen LogP contribution in [0.5, 0.6) is 0 Å². The van der Waals surface area contributed by atoms with Crippen molar-refractivity contribution in [2.75, 3.05) is 0 Å². The Morgan fingerprint density at radius 2 is 1.63 bits per heavy atom. The zero-order chi connectivity index (χ0) is 19.2. The Labute approximate surface area is 165 Å². The van der Waals surface area contributed by atoms with E-state index < -0.39 is 11.5 Å². The van der Waals surface area contributed by atoms with Gasteiger partial charge in [0.2, 0.25) is 5.91 Å². The number of carbonyl (C=O) groups excluding carboxylic acids is 2. The number of hydrogen-bond acceptors (Lipinski definition) is 2. The number of Topliss-reactive ketones (excluding diaryl/α,β-unsaturated/α-hetero) is 1. The highest BCUT2D eigenvalue weighted by atomic mass is 35.5. The van der Waals surface area contributed by atoms with E-state index in [9.17, 15) is 9.59 Å². The second-order valence-corrected chi connectivity index (χ2v) is 8.34. The first-order chi connectivity index (χ1) is 12.9. The molecule has 1 saturated carbocycles. The molecule has 2 aromatic rings. The molecule has 1 saturated heterocycles. The minimum atomic E-state index is -0.699. The molecular formula is C23H24ClNO2. The number of hydrogen-bond donors (Lipinski definition) is 1. The summed E-state index contributed by atoms with van der Waals surface area (Å²) in [7, 11) is 0. The second-order valence-electron chi connectivity index (χ2n) is 7.90. The molecule has 27 heavy (non-hydrogen) atoms. The molecule has 1 spiro atoms. The topological polar surface area (TPSA) is 46.2 Å². The molecular weight excluding hydrogens is 358 g/mol. The molecule has 0 aromatic heterocycles. The molecule has 1 heterocycles. The van der Waals surface area contributed by atoms with Gasteiger partial charge in [0.15, 0.2) is 5.78 Å². The van der Waals surface area contributed by atoms with Gasteiger partial charge in [-0.2, -0.15) is 0 Å². The van der Waals surface area contributed by atoms with E-state index in [1.54, 1.807) is 0 Å². The number of rotatable bonds is 2.